The minimum absolute atomic E-state index is 0.400. The van der Waals surface area contributed by atoms with Crippen LogP contribution in [0, 0.1) is 6.92 Å². The van der Waals surface area contributed by atoms with Crippen LogP contribution in [-0.4, -0.2) is 6.54 Å². The van der Waals surface area contributed by atoms with Gasteiger partial charge in [0.1, 0.15) is 5.76 Å². The molecule has 1 N–H and O–H groups in total. The lowest BCUT2D eigenvalue weighted by Gasteiger charge is -2.08. The molecule has 1 aromatic heterocycles. The van der Waals surface area contributed by atoms with E-state index < -0.39 is 0 Å². The van der Waals surface area contributed by atoms with Crippen molar-refractivity contribution < 1.29 is 4.42 Å². The SMILES string of the molecule is CCNC(C)c1coc(C)c1. The van der Waals surface area contributed by atoms with E-state index in [1.165, 1.54) is 5.56 Å². The van der Waals surface area contributed by atoms with Gasteiger partial charge in [-0.3, -0.25) is 0 Å². The summed E-state index contributed by atoms with van der Waals surface area (Å²) in [7, 11) is 0. The van der Waals surface area contributed by atoms with Crippen LogP contribution in [0.5, 0.6) is 0 Å². The second-order valence-electron chi connectivity index (χ2n) is 2.77. The van der Waals surface area contributed by atoms with Gasteiger partial charge in [-0.2, -0.15) is 0 Å². The molecule has 2 heteroatoms. The lowest BCUT2D eigenvalue weighted by Crippen LogP contribution is -2.16. The Kier molecular flexibility index (Phi) is 2.71. The van der Waals surface area contributed by atoms with E-state index in [1.807, 2.05) is 13.2 Å². The van der Waals surface area contributed by atoms with E-state index in [-0.39, 0.29) is 0 Å². The van der Waals surface area contributed by atoms with Crippen LogP contribution < -0.4 is 5.32 Å². The van der Waals surface area contributed by atoms with Crippen molar-refractivity contribution in [1.29, 1.82) is 0 Å². The Balaban J connectivity index is 2.60. The van der Waals surface area contributed by atoms with Crippen LogP contribution in [0.3, 0.4) is 0 Å². The highest BCUT2D eigenvalue weighted by atomic mass is 16.3. The smallest absolute Gasteiger partial charge is 0.101 e. The molecule has 0 fully saturated rings. The van der Waals surface area contributed by atoms with Gasteiger partial charge in [-0.1, -0.05) is 6.92 Å². The molecule has 0 spiro atoms. The lowest BCUT2D eigenvalue weighted by atomic mass is 10.2. The highest BCUT2D eigenvalue weighted by Crippen LogP contribution is 2.14. The summed E-state index contributed by atoms with van der Waals surface area (Å²) in [5.74, 6) is 0.977. The molecule has 1 rings (SSSR count). The summed E-state index contributed by atoms with van der Waals surface area (Å²) in [5, 5.41) is 3.32. The Bertz CT molecular complexity index is 217. The maximum atomic E-state index is 5.19. The van der Waals surface area contributed by atoms with Crippen LogP contribution in [0.1, 0.15) is 31.2 Å². The summed E-state index contributed by atoms with van der Waals surface area (Å²) in [5.41, 5.74) is 1.23. The van der Waals surface area contributed by atoms with Crippen molar-refractivity contribution in [2.75, 3.05) is 6.54 Å². The van der Waals surface area contributed by atoms with Gasteiger partial charge in [-0.15, -0.1) is 0 Å². The van der Waals surface area contributed by atoms with Crippen molar-refractivity contribution in [2.45, 2.75) is 26.8 Å². The number of nitrogens with one attached hydrogen (secondary N) is 1. The van der Waals surface area contributed by atoms with Gasteiger partial charge < -0.3 is 9.73 Å². The minimum Gasteiger partial charge on any atom is -0.469 e. The lowest BCUT2D eigenvalue weighted by molar-refractivity contribution is 0.522. The van der Waals surface area contributed by atoms with E-state index in [1.54, 1.807) is 0 Å². The normalized spacial score (nSPS) is 13.4. The third-order valence-electron chi connectivity index (χ3n) is 1.76. The predicted octanol–water partition coefficient (Wildman–Crippen LogP) is 2.26. The Morgan fingerprint density at radius 2 is 2.36 bits per heavy atom. The molecule has 1 unspecified atom stereocenters. The predicted molar refractivity (Wildman–Crippen MR) is 45.5 cm³/mol. The summed E-state index contributed by atoms with van der Waals surface area (Å²) in [6.45, 7) is 7.19. The van der Waals surface area contributed by atoms with Crippen molar-refractivity contribution in [1.82, 2.24) is 5.32 Å². The van der Waals surface area contributed by atoms with E-state index in [0.717, 1.165) is 12.3 Å². The molecule has 0 aliphatic carbocycles. The van der Waals surface area contributed by atoms with Crippen molar-refractivity contribution in [3.63, 3.8) is 0 Å². The molecule has 62 valence electrons. The van der Waals surface area contributed by atoms with Crippen molar-refractivity contribution in [2.24, 2.45) is 0 Å². The van der Waals surface area contributed by atoms with Gasteiger partial charge in [0.15, 0.2) is 0 Å². The first kappa shape index (κ1) is 8.34. The quantitative estimate of drug-likeness (QED) is 0.720. The van der Waals surface area contributed by atoms with Gasteiger partial charge >= 0.3 is 0 Å². The molecule has 0 aliphatic rings. The molecule has 11 heavy (non-hydrogen) atoms. The van der Waals surface area contributed by atoms with Crippen LogP contribution in [0.4, 0.5) is 0 Å². The van der Waals surface area contributed by atoms with E-state index in [9.17, 15) is 0 Å². The topological polar surface area (TPSA) is 25.2 Å². The molecule has 0 aliphatic heterocycles. The summed E-state index contributed by atoms with van der Waals surface area (Å²) in [6.07, 6.45) is 1.81. The average Bonchev–Trinajstić information content (AvgIpc) is 2.36. The first-order valence-electron chi connectivity index (χ1n) is 4.02. The van der Waals surface area contributed by atoms with Gasteiger partial charge in [0.25, 0.3) is 0 Å². The molecule has 0 saturated heterocycles. The fourth-order valence-corrected chi connectivity index (χ4v) is 1.11. The van der Waals surface area contributed by atoms with E-state index in [4.69, 9.17) is 4.42 Å². The largest absolute Gasteiger partial charge is 0.469 e. The molecule has 0 radical (unpaired) electrons. The van der Waals surface area contributed by atoms with E-state index in [2.05, 4.69) is 25.2 Å². The third-order valence-corrected chi connectivity index (χ3v) is 1.76. The molecule has 1 aromatic rings. The third kappa shape index (κ3) is 2.09. The number of furan rings is 1. The van der Waals surface area contributed by atoms with E-state index >= 15 is 0 Å². The average molecular weight is 153 g/mol. The summed E-state index contributed by atoms with van der Waals surface area (Å²) in [6, 6.07) is 2.46. The van der Waals surface area contributed by atoms with Crippen molar-refractivity contribution in [3.05, 3.63) is 23.7 Å². The molecule has 2 nitrogen and oxygen atoms in total. The number of hydrogen-bond donors (Lipinski definition) is 1. The first-order chi connectivity index (χ1) is 5.24. The Morgan fingerprint density at radius 1 is 1.64 bits per heavy atom. The van der Waals surface area contributed by atoms with Crippen LogP contribution in [0.2, 0.25) is 0 Å². The zero-order valence-electron chi connectivity index (χ0n) is 7.35. The van der Waals surface area contributed by atoms with Gasteiger partial charge in [0, 0.05) is 11.6 Å². The zero-order valence-corrected chi connectivity index (χ0v) is 7.35. The maximum absolute atomic E-state index is 5.19. The number of hydrogen-bond acceptors (Lipinski definition) is 2. The highest BCUT2D eigenvalue weighted by molar-refractivity contribution is 5.15. The number of rotatable bonds is 3. The molecular formula is C9H15NO. The van der Waals surface area contributed by atoms with Gasteiger partial charge in [0.05, 0.1) is 6.26 Å². The monoisotopic (exact) mass is 153 g/mol. The summed E-state index contributed by atoms with van der Waals surface area (Å²) < 4.78 is 5.19. The fraction of sp³-hybridized carbons (Fsp3) is 0.556. The first-order valence-corrected chi connectivity index (χ1v) is 4.02. The molecule has 1 heterocycles. The molecular weight excluding hydrogens is 138 g/mol. The standard InChI is InChI=1S/C9H15NO/c1-4-10-8(3)9-5-7(2)11-6-9/h5-6,8,10H,4H2,1-3H3. The zero-order chi connectivity index (χ0) is 8.27. The highest BCUT2D eigenvalue weighted by Gasteiger charge is 2.05. The van der Waals surface area contributed by atoms with Crippen molar-refractivity contribution >= 4 is 0 Å². The molecule has 0 amide bonds. The Morgan fingerprint density at radius 3 is 2.82 bits per heavy atom. The minimum atomic E-state index is 0.400. The van der Waals surface area contributed by atoms with Gasteiger partial charge in [0.2, 0.25) is 0 Å². The fourth-order valence-electron chi connectivity index (χ4n) is 1.11. The molecule has 0 aromatic carbocycles. The van der Waals surface area contributed by atoms with Crippen LogP contribution >= 0.6 is 0 Å². The maximum Gasteiger partial charge on any atom is 0.101 e. The summed E-state index contributed by atoms with van der Waals surface area (Å²) in [4.78, 5) is 0. The Labute approximate surface area is 67.6 Å². The molecule has 0 saturated carbocycles. The molecule has 1 atom stereocenters. The Hall–Kier alpha value is -0.760. The second kappa shape index (κ2) is 3.58. The summed E-state index contributed by atoms with van der Waals surface area (Å²) >= 11 is 0. The van der Waals surface area contributed by atoms with E-state index in [0.29, 0.717) is 6.04 Å². The van der Waals surface area contributed by atoms with Crippen LogP contribution in [-0.2, 0) is 0 Å². The second-order valence-corrected chi connectivity index (χ2v) is 2.77. The van der Waals surface area contributed by atoms with Gasteiger partial charge in [-0.05, 0) is 26.5 Å². The van der Waals surface area contributed by atoms with Crippen LogP contribution in [0.25, 0.3) is 0 Å². The van der Waals surface area contributed by atoms with Crippen molar-refractivity contribution in [3.8, 4) is 0 Å². The van der Waals surface area contributed by atoms with Crippen LogP contribution in [0.15, 0.2) is 16.7 Å². The van der Waals surface area contributed by atoms with Gasteiger partial charge in [-0.25, -0.2) is 0 Å². The number of aryl methyl sites for hydroxylation is 1. The molecule has 0 bridgehead atoms.